The Bertz CT molecular complexity index is 462. The highest BCUT2D eigenvalue weighted by molar-refractivity contribution is 9.10. The van der Waals surface area contributed by atoms with Crippen molar-refractivity contribution in [2.24, 2.45) is 0 Å². The maximum atomic E-state index is 13.4. The Morgan fingerprint density at radius 1 is 1.31 bits per heavy atom. The molecule has 6 heteroatoms. The fraction of sp³-hybridized carbons (Fsp3) is 0.100. The van der Waals surface area contributed by atoms with E-state index in [4.69, 9.17) is 0 Å². The molecule has 2 aromatic rings. The molecule has 0 spiro atoms. The molecule has 0 aliphatic carbocycles. The van der Waals surface area contributed by atoms with Crippen molar-refractivity contribution in [2.75, 3.05) is 5.32 Å². The van der Waals surface area contributed by atoms with Crippen LogP contribution in [0.2, 0.25) is 0 Å². The van der Waals surface area contributed by atoms with E-state index in [1.54, 1.807) is 6.20 Å². The monoisotopic (exact) mass is 287 g/mol. The van der Waals surface area contributed by atoms with Crippen LogP contribution in [0.1, 0.15) is 5.69 Å². The second-order valence-electron chi connectivity index (χ2n) is 3.17. The number of hydrogen-bond acceptors (Lipinski definition) is 2. The first kappa shape index (κ1) is 11.1. The third-order valence-electron chi connectivity index (χ3n) is 2.02. The summed E-state index contributed by atoms with van der Waals surface area (Å²) in [5.74, 6) is -1.27. The van der Waals surface area contributed by atoms with Gasteiger partial charge in [0.2, 0.25) is 0 Å². The second kappa shape index (κ2) is 4.61. The van der Waals surface area contributed by atoms with Gasteiger partial charge in [-0.25, -0.2) is 13.8 Å². The molecule has 0 aliphatic rings. The van der Waals surface area contributed by atoms with Crippen LogP contribution in [-0.2, 0) is 6.54 Å². The number of aromatic amines is 1. The molecule has 0 saturated carbocycles. The van der Waals surface area contributed by atoms with Crippen molar-refractivity contribution < 1.29 is 8.78 Å². The number of benzene rings is 1. The summed E-state index contributed by atoms with van der Waals surface area (Å²) in [7, 11) is 0. The van der Waals surface area contributed by atoms with Gasteiger partial charge in [-0.3, -0.25) is 0 Å². The molecule has 1 aromatic heterocycles. The quantitative estimate of drug-likeness (QED) is 0.911. The maximum Gasteiger partial charge on any atom is 0.150 e. The van der Waals surface area contributed by atoms with Crippen LogP contribution in [0.4, 0.5) is 14.5 Å². The van der Waals surface area contributed by atoms with E-state index < -0.39 is 11.6 Å². The number of aromatic nitrogens is 2. The van der Waals surface area contributed by atoms with E-state index in [0.29, 0.717) is 4.47 Å². The number of nitrogens with one attached hydrogen (secondary N) is 2. The molecule has 2 rings (SSSR count). The summed E-state index contributed by atoms with van der Waals surface area (Å²) in [5, 5.41) is 2.67. The molecule has 84 valence electrons. The number of anilines is 1. The van der Waals surface area contributed by atoms with E-state index in [2.05, 4.69) is 31.2 Å². The highest BCUT2D eigenvalue weighted by Gasteiger charge is 2.10. The molecule has 1 aromatic carbocycles. The number of nitrogens with zero attached hydrogens (tertiary/aromatic N) is 1. The van der Waals surface area contributed by atoms with Gasteiger partial charge in [0.1, 0.15) is 17.3 Å². The molecule has 0 bridgehead atoms. The summed E-state index contributed by atoms with van der Waals surface area (Å²) in [6.07, 6.45) is 3.09. The minimum absolute atomic E-state index is 0.141. The number of halogens is 3. The lowest BCUT2D eigenvalue weighted by Gasteiger charge is -2.07. The van der Waals surface area contributed by atoms with E-state index in [1.165, 1.54) is 18.5 Å². The van der Waals surface area contributed by atoms with Gasteiger partial charge < -0.3 is 10.3 Å². The fourth-order valence-electron chi connectivity index (χ4n) is 1.28. The molecule has 0 aliphatic heterocycles. The summed E-state index contributed by atoms with van der Waals surface area (Å²) in [6.45, 7) is 0.287. The zero-order chi connectivity index (χ0) is 11.5. The van der Waals surface area contributed by atoms with Crippen molar-refractivity contribution >= 4 is 21.6 Å². The van der Waals surface area contributed by atoms with E-state index in [1.807, 2.05) is 0 Å². The zero-order valence-electron chi connectivity index (χ0n) is 8.10. The summed E-state index contributed by atoms with van der Waals surface area (Å²) >= 11 is 3.01. The van der Waals surface area contributed by atoms with E-state index in [9.17, 15) is 8.78 Å². The molecule has 0 fully saturated rings. The maximum absolute atomic E-state index is 13.4. The van der Waals surface area contributed by atoms with E-state index in [-0.39, 0.29) is 12.2 Å². The molecular formula is C10H8BrF2N3. The number of hydrogen-bond donors (Lipinski definition) is 2. The Morgan fingerprint density at radius 3 is 2.56 bits per heavy atom. The highest BCUT2D eigenvalue weighted by Crippen LogP contribution is 2.23. The predicted octanol–water partition coefficient (Wildman–Crippen LogP) is 3.06. The van der Waals surface area contributed by atoms with Crippen molar-refractivity contribution in [3.63, 3.8) is 0 Å². The van der Waals surface area contributed by atoms with Crippen molar-refractivity contribution in [1.82, 2.24) is 9.97 Å². The third kappa shape index (κ3) is 2.38. The standard InChI is InChI=1S/C10H8BrF2N3/c11-6-1-8(12)10(9(13)2-6)15-4-7-3-14-5-16-7/h1-3,5,15H,4H2,(H,14,16). The van der Waals surface area contributed by atoms with Crippen LogP contribution >= 0.6 is 15.9 Å². The minimum atomic E-state index is -0.633. The van der Waals surface area contributed by atoms with Crippen LogP contribution in [0.15, 0.2) is 29.1 Å². The third-order valence-corrected chi connectivity index (χ3v) is 2.48. The Morgan fingerprint density at radius 2 is 2.00 bits per heavy atom. The van der Waals surface area contributed by atoms with E-state index in [0.717, 1.165) is 5.69 Å². The summed E-state index contributed by atoms with van der Waals surface area (Å²) in [6, 6.07) is 2.41. The van der Waals surface area contributed by atoms with Gasteiger partial charge in [-0.2, -0.15) is 0 Å². The highest BCUT2D eigenvalue weighted by atomic mass is 79.9. The van der Waals surface area contributed by atoms with Crippen molar-refractivity contribution in [2.45, 2.75) is 6.54 Å². The topological polar surface area (TPSA) is 40.7 Å². The molecule has 0 saturated heterocycles. The van der Waals surface area contributed by atoms with Crippen molar-refractivity contribution in [1.29, 1.82) is 0 Å². The molecule has 0 atom stereocenters. The number of imidazole rings is 1. The minimum Gasteiger partial charge on any atom is -0.375 e. The van der Waals surface area contributed by atoms with Crippen LogP contribution in [-0.4, -0.2) is 9.97 Å². The first-order valence-corrected chi connectivity index (χ1v) is 5.32. The van der Waals surface area contributed by atoms with Crippen molar-refractivity contribution in [3.8, 4) is 0 Å². The SMILES string of the molecule is Fc1cc(Br)cc(F)c1NCc1cnc[nH]1. The summed E-state index contributed by atoms with van der Waals surface area (Å²) < 4.78 is 27.1. The first-order chi connectivity index (χ1) is 7.66. The van der Waals surface area contributed by atoms with Gasteiger partial charge in [0.05, 0.1) is 18.6 Å². The van der Waals surface area contributed by atoms with Crippen LogP contribution in [0, 0.1) is 11.6 Å². The zero-order valence-corrected chi connectivity index (χ0v) is 9.68. The Labute approximate surface area is 99.0 Å². The molecule has 0 radical (unpaired) electrons. The van der Waals surface area contributed by atoms with Crippen LogP contribution in [0.5, 0.6) is 0 Å². The van der Waals surface area contributed by atoms with Gasteiger partial charge in [0, 0.05) is 10.7 Å². The Hall–Kier alpha value is -1.43. The molecule has 0 amide bonds. The van der Waals surface area contributed by atoms with Gasteiger partial charge in [0.15, 0.2) is 0 Å². The molecule has 0 unspecified atom stereocenters. The van der Waals surface area contributed by atoms with Gasteiger partial charge in [0.25, 0.3) is 0 Å². The molecular weight excluding hydrogens is 280 g/mol. The van der Waals surface area contributed by atoms with Gasteiger partial charge in [-0.05, 0) is 12.1 Å². The van der Waals surface area contributed by atoms with Gasteiger partial charge in [-0.1, -0.05) is 15.9 Å². The Balaban J connectivity index is 2.15. The van der Waals surface area contributed by atoms with Gasteiger partial charge in [-0.15, -0.1) is 0 Å². The van der Waals surface area contributed by atoms with Gasteiger partial charge >= 0.3 is 0 Å². The first-order valence-electron chi connectivity index (χ1n) is 4.52. The lowest BCUT2D eigenvalue weighted by molar-refractivity contribution is 0.586. The Kier molecular flexibility index (Phi) is 3.19. The lowest BCUT2D eigenvalue weighted by atomic mass is 10.3. The van der Waals surface area contributed by atoms with Crippen LogP contribution in [0.3, 0.4) is 0 Å². The predicted molar refractivity (Wildman–Crippen MR) is 60.0 cm³/mol. The molecule has 16 heavy (non-hydrogen) atoms. The normalized spacial score (nSPS) is 10.4. The average molecular weight is 288 g/mol. The number of rotatable bonds is 3. The molecule has 1 heterocycles. The molecule has 2 N–H and O–H groups in total. The second-order valence-corrected chi connectivity index (χ2v) is 4.09. The van der Waals surface area contributed by atoms with E-state index >= 15 is 0 Å². The van der Waals surface area contributed by atoms with Crippen LogP contribution in [0.25, 0.3) is 0 Å². The number of H-pyrrole nitrogens is 1. The lowest BCUT2D eigenvalue weighted by Crippen LogP contribution is -2.04. The molecule has 3 nitrogen and oxygen atoms in total. The van der Waals surface area contributed by atoms with Crippen LogP contribution < -0.4 is 5.32 Å². The smallest absolute Gasteiger partial charge is 0.150 e. The average Bonchev–Trinajstić information content (AvgIpc) is 2.68. The largest absolute Gasteiger partial charge is 0.375 e. The summed E-state index contributed by atoms with van der Waals surface area (Å²) in [4.78, 5) is 6.63. The van der Waals surface area contributed by atoms with Crippen molar-refractivity contribution in [3.05, 3.63) is 46.5 Å². The summed E-state index contributed by atoms with van der Waals surface area (Å²) in [5.41, 5.74) is 0.611. The fourth-order valence-corrected chi connectivity index (χ4v) is 1.68.